The van der Waals surface area contributed by atoms with E-state index in [0.717, 1.165) is 41.8 Å². The zero-order chi connectivity index (χ0) is 33.5. The zero-order valence-electron chi connectivity index (χ0n) is 27.4. The van der Waals surface area contributed by atoms with Gasteiger partial charge in [-0.25, -0.2) is 17.4 Å². The fourth-order valence-corrected chi connectivity index (χ4v) is 7.70. The quantitative estimate of drug-likeness (QED) is 0.218. The van der Waals surface area contributed by atoms with Crippen molar-refractivity contribution in [3.63, 3.8) is 0 Å². The molecule has 0 spiro atoms. The van der Waals surface area contributed by atoms with E-state index in [0.29, 0.717) is 28.2 Å². The topological polar surface area (TPSA) is 108 Å². The standard InChI is InChI=1S/C37H41N5O4S/c1-24-6-13-32(14-7-24)47(45,46)42-23-34(27-8-10-28(11-9-27)37(44)40(5)21-26(3)43)33-19-30(20-39-36(33)42)29-12-15-35(25(2)18-29)41-17-16-31(22-41)38-4/h6-15,18-20,23,26,31,38,43H,16-17,21-22H2,1-5H3/t26-,31-/m0/s1. The maximum absolute atomic E-state index is 14.0. The molecule has 2 atom stereocenters. The number of rotatable bonds is 9. The van der Waals surface area contributed by atoms with Gasteiger partial charge in [0.2, 0.25) is 0 Å². The van der Waals surface area contributed by atoms with Crippen LogP contribution >= 0.6 is 0 Å². The Kier molecular flexibility index (Phi) is 8.93. The van der Waals surface area contributed by atoms with E-state index >= 15 is 0 Å². The molecule has 0 radical (unpaired) electrons. The van der Waals surface area contributed by atoms with Crippen LogP contribution in [0.5, 0.6) is 0 Å². The van der Waals surface area contributed by atoms with Gasteiger partial charge < -0.3 is 20.2 Å². The van der Waals surface area contributed by atoms with Crippen molar-refractivity contribution < 1.29 is 18.3 Å². The summed E-state index contributed by atoms with van der Waals surface area (Å²) in [4.78, 5) is 21.7. The third-order valence-electron chi connectivity index (χ3n) is 8.98. The predicted molar refractivity (Wildman–Crippen MR) is 187 cm³/mol. The number of aliphatic hydroxyl groups excluding tert-OH is 1. The molecule has 2 aromatic heterocycles. The van der Waals surface area contributed by atoms with E-state index < -0.39 is 16.1 Å². The van der Waals surface area contributed by atoms with Crippen molar-refractivity contribution in [3.05, 3.63) is 102 Å². The predicted octanol–water partition coefficient (Wildman–Crippen LogP) is 5.48. The maximum atomic E-state index is 14.0. The Labute approximate surface area is 276 Å². The Morgan fingerprint density at radius 3 is 2.36 bits per heavy atom. The number of benzene rings is 3. The number of nitrogens with zero attached hydrogens (tertiary/aromatic N) is 4. The molecule has 0 unspecified atom stereocenters. The molecule has 2 N–H and O–H groups in total. The van der Waals surface area contributed by atoms with Crippen molar-refractivity contribution in [2.75, 3.05) is 38.6 Å². The smallest absolute Gasteiger partial charge is 0.269 e. The first-order valence-electron chi connectivity index (χ1n) is 15.9. The SMILES string of the molecule is CN[C@H]1CCN(c2ccc(-c3cnc4c(c3)c(-c3ccc(C(=O)N(C)C[C@H](C)O)cc3)cn4S(=O)(=O)c3ccc(C)cc3)cc2C)C1. The van der Waals surface area contributed by atoms with Crippen LogP contribution in [-0.4, -0.2) is 79.2 Å². The first-order valence-corrected chi connectivity index (χ1v) is 17.3. The van der Waals surface area contributed by atoms with Gasteiger partial charge in [0.1, 0.15) is 0 Å². The number of carbonyl (C=O) groups excluding carboxylic acids is 1. The van der Waals surface area contributed by atoms with Crippen molar-refractivity contribution in [3.8, 4) is 22.3 Å². The van der Waals surface area contributed by atoms with Gasteiger partial charge in [-0.1, -0.05) is 35.9 Å². The first-order chi connectivity index (χ1) is 22.5. The highest BCUT2D eigenvalue weighted by atomic mass is 32.2. The summed E-state index contributed by atoms with van der Waals surface area (Å²) >= 11 is 0. The highest BCUT2D eigenvalue weighted by molar-refractivity contribution is 7.90. The Morgan fingerprint density at radius 2 is 1.72 bits per heavy atom. The number of pyridine rings is 1. The zero-order valence-corrected chi connectivity index (χ0v) is 28.3. The number of amides is 1. The number of carbonyl (C=O) groups is 1. The summed E-state index contributed by atoms with van der Waals surface area (Å²) in [6.07, 6.45) is 3.82. The third-order valence-corrected chi connectivity index (χ3v) is 10.6. The number of anilines is 1. The van der Waals surface area contributed by atoms with Crippen molar-refractivity contribution in [2.24, 2.45) is 0 Å². The highest BCUT2D eigenvalue weighted by Gasteiger charge is 2.25. The van der Waals surface area contributed by atoms with Gasteiger partial charge in [-0.15, -0.1) is 0 Å². The summed E-state index contributed by atoms with van der Waals surface area (Å²) in [6.45, 7) is 7.86. The summed E-state index contributed by atoms with van der Waals surface area (Å²) in [5.74, 6) is -0.208. The summed E-state index contributed by atoms with van der Waals surface area (Å²) < 4.78 is 29.2. The average Bonchev–Trinajstić information content (AvgIpc) is 3.70. The molecule has 6 rings (SSSR count). The van der Waals surface area contributed by atoms with Crippen LogP contribution in [0.25, 0.3) is 33.3 Å². The number of hydrogen-bond acceptors (Lipinski definition) is 7. The van der Waals surface area contributed by atoms with E-state index in [1.165, 1.54) is 20.1 Å². The van der Waals surface area contributed by atoms with Gasteiger partial charge >= 0.3 is 0 Å². The molecule has 1 amide bonds. The average molecular weight is 652 g/mol. The summed E-state index contributed by atoms with van der Waals surface area (Å²) in [5.41, 5.74) is 7.45. The molecule has 3 aromatic carbocycles. The second-order valence-electron chi connectivity index (χ2n) is 12.6. The normalized spacial score (nSPS) is 15.7. The van der Waals surface area contributed by atoms with E-state index in [1.54, 1.807) is 62.8 Å². The van der Waals surface area contributed by atoms with E-state index in [-0.39, 0.29) is 17.3 Å². The number of aliphatic hydroxyl groups is 1. The molecule has 1 aliphatic rings. The lowest BCUT2D eigenvalue weighted by Gasteiger charge is -2.21. The minimum atomic E-state index is -3.96. The largest absolute Gasteiger partial charge is 0.392 e. The maximum Gasteiger partial charge on any atom is 0.269 e. The monoisotopic (exact) mass is 651 g/mol. The fourth-order valence-electron chi connectivity index (χ4n) is 6.37. The van der Waals surface area contributed by atoms with Crippen LogP contribution < -0.4 is 10.2 Å². The van der Waals surface area contributed by atoms with Crippen LogP contribution in [0.2, 0.25) is 0 Å². The van der Waals surface area contributed by atoms with Gasteiger partial charge in [0.15, 0.2) is 5.65 Å². The van der Waals surface area contributed by atoms with Crippen LogP contribution in [0.15, 0.2) is 90.1 Å². The Balaban J connectivity index is 1.43. The minimum Gasteiger partial charge on any atom is -0.392 e. The third kappa shape index (κ3) is 6.41. The Bertz CT molecular complexity index is 2040. The van der Waals surface area contributed by atoms with E-state index in [9.17, 15) is 18.3 Å². The highest BCUT2D eigenvalue weighted by Crippen LogP contribution is 2.36. The second-order valence-corrected chi connectivity index (χ2v) is 14.4. The second kappa shape index (κ2) is 12.9. The van der Waals surface area contributed by atoms with Gasteiger partial charge in [-0.05, 0) is 93.4 Å². The summed E-state index contributed by atoms with van der Waals surface area (Å²) in [7, 11) is -0.303. The van der Waals surface area contributed by atoms with E-state index in [4.69, 9.17) is 4.98 Å². The van der Waals surface area contributed by atoms with E-state index in [2.05, 4.69) is 35.3 Å². The molecule has 5 aromatic rings. The number of hydrogen-bond donors (Lipinski definition) is 2. The molecule has 1 saturated heterocycles. The van der Waals surface area contributed by atoms with Crippen molar-refractivity contribution >= 4 is 32.7 Å². The van der Waals surface area contributed by atoms with Gasteiger partial charge in [0.25, 0.3) is 15.9 Å². The first kappa shape index (κ1) is 32.4. The molecule has 1 aliphatic heterocycles. The lowest BCUT2D eigenvalue weighted by atomic mass is 9.99. The Morgan fingerprint density at radius 1 is 1.02 bits per heavy atom. The van der Waals surface area contributed by atoms with Crippen LogP contribution in [0.4, 0.5) is 5.69 Å². The molecule has 0 bridgehead atoms. The number of nitrogens with one attached hydrogen (secondary N) is 1. The van der Waals surface area contributed by atoms with Crippen LogP contribution in [0.1, 0.15) is 34.8 Å². The molecule has 0 aliphatic carbocycles. The number of aromatic nitrogens is 2. The van der Waals surface area contributed by atoms with Gasteiger partial charge in [-0.2, -0.15) is 0 Å². The summed E-state index contributed by atoms with van der Waals surface area (Å²) in [5, 5.41) is 13.8. The molecular formula is C37H41N5O4S. The van der Waals surface area contributed by atoms with Crippen molar-refractivity contribution in [1.82, 2.24) is 19.2 Å². The molecule has 1 fully saturated rings. The fraction of sp³-hybridized carbons (Fsp3) is 0.297. The molecule has 3 heterocycles. The van der Waals surface area contributed by atoms with E-state index in [1.807, 2.05) is 32.2 Å². The van der Waals surface area contributed by atoms with Crippen LogP contribution in [-0.2, 0) is 10.0 Å². The number of fused-ring (bicyclic) bond motifs is 1. The minimum absolute atomic E-state index is 0.174. The number of likely N-dealkylation sites (N-methyl/N-ethyl adjacent to an activating group) is 2. The molecular weight excluding hydrogens is 611 g/mol. The lowest BCUT2D eigenvalue weighted by Crippen LogP contribution is -2.32. The lowest BCUT2D eigenvalue weighted by molar-refractivity contribution is 0.0703. The van der Waals surface area contributed by atoms with Crippen LogP contribution in [0, 0.1) is 13.8 Å². The van der Waals surface area contributed by atoms with Crippen molar-refractivity contribution in [1.29, 1.82) is 0 Å². The summed E-state index contributed by atoms with van der Waals surface area (Å²) in [6, 6.07) is 22.8. The number of aryl methyl sites for hydroxylation is 2. The van der Waals surface area contributed by atoms with Crippen LogP contribution in [0.3, 0.4) is 0 Å². The Hall–Kier alpha value is -4.51. The van der Waals surface area contributed by atoms with Gasteiger partial charge in [0, 0.05) is 72.9 Å². The van der Waals surface area contributed by atoms with Crippen molar-refractivity contribution in [2.45, 2.75) is 44.2 Å². The molecule has 0 saturated carbocycles. The van der Waals surface area contributed by atoms with Gasteiger partial charge in [0.05, 0.1) is 11.0 Å². The molecule has 244 valence electrons. The molecule has 9 nitrogen and oxygen atoms in total. The molecule has 47 heavy (non-hydrogen) atoms. The van der Waals surface area contributed by atoms with Gasteiger partial charge in [-0.3, -0.25) is 4.79 Å². The molecule has 10 heteroatoms.